The first-order valence-electron chi connectivity index (χ1n) is 7.04. The molecule has 23 heavy (non-hydrogen) atoms. The van der Waals surface area contributed by atoms with Crippen molar-refractivity contribution in [1.82, 2.24) is 9.62 Å². The van der Waals surface area contributed by atoms with Crippen LogP contribution in [0, 0.1) is 10.1 Å². The van der Waals surface area contributed by atoms with Crippen molar-refractivity contribution < 1.29 is 13.3 Å². The molecule has 0 spiro atoms. The lowest BCUT2D eigenvalue weighted by molar-refractivity contribution is -0.387. The number of rotatable bonds is 10. The first-order valence-corrected chi connectivity index (χ1v) is 8.48. The minimum atomic E-state index is -4.02. The van der Waals surface area contributed by atoms with Crippen LogP contribution in [0.15, 0.2) is 54.5 Å². The van der Waals surface area contributed by atoms with E-state index in [1.807, 2.05) is 0 Å². The Bertz CT molecular complexity index is 673. The van der Waals surface area contributed by atoms with Crippen LogP contribution in [-0.2, 0) is 10.0 Å². The van der Waals surface area contributed by atoms with Crippen molar-refractivity contribution in [3.05, 3.63) is 59.7 Å². The van der Waals surface area contributed by atoms with Gasteiger partial charge in [0.05, 0.1) is 4.92 Å². The summed E-state index contributed by atoms with van der Waals surface area (Å²) in [7, 11) is -4.02. The van der Waals surface area contributed by atoms with Crippen LogP contribution in [0.1, 0.15) is 6.92 Å². The number of nitro benzene ring substituents is 1. The molecule has 0 aliphatic carbocycles. The Morgan fingerprint density at radius 1 is 1.35 bits per heavy atom. The number of nitrogens with zero attached hydrogens (tertiary/aromatic N) is 2. The largest absolute Gasteiger partial charge is 0.312 e. The van der Waals surface area contributed by atoms with Gasteiger partial charge in [0, 0.05) is 31.7 Å². The Morgan fingerprint density at radius 3 is 2.57 bits per heavy atom. The van der Waals surface area contributed by atoms with Crippen molar-refractivity contribution in [3.8, 4) is 0 Å². The lowest BCUT2D eigenvalue weighted by Gasteiger charge is -2.27. The highest BCUT2D eigenvalue weighted by Crippen LogP contribution is 2.27. The Morgan fingerprint density at radius 2 is 2.00 bits per heavy atom. The van der Waals surface area contributed by atoms with Crippen molar-refractivity contribution in [2.75, 3.05) is 19.6 Å². The van der Waals surface area contributed by atoms with Crippen LogP contribution >= 0.6 is 0 Å². The van der Waals surface area contributed by atoms with Crippen molar-refractivity contribution in [3.63, 3.8) is 0 Å². The highest BCUT2D eigenvalue weighted by molar-refractivity contribution is 7.89. The molecule has 0 unspecified atom stereocenters. The van der Waals surface area contributed by atoms with Gasteiger partial charge in [-0.15, -0.1) is 13.2 Å². The third-order valence-corrected chi connectivity index (χ3v) is 5.21. The van der Waals surface area contributed by atoms with Crippen LogP contribution < -0.4 is 5.32 Å². The second-order valence-corrected chi connectivity index (χ2v) is 6.74. The summed E-state index contributed by atoms with van der Waals surface area (Å²) in [6, 6.07) is 4.92. The van der Waals surface area contributed by atoms with Crippen LogP contribution in [0.5, 0.6) is 0 Å². The fraction of sp³-hybridized carbons (Fsp3) is 0.333. The maximum absolute atomic E-state index is 12.8. The van der Waals surface area contributed by atoms with Crippen LogP contribution in [-0.4, -0.2) is 43.3 Å². The second-order valence-electron chi connectivity index (χ2n) is 4.88. The predicted molar refractivity (Wildman–Crippen MR) is 89.7 cm³/mol. The molecule has 0 saturated heterocycles. The number of para-hydroxylation sites is 1. The van der Waals surface area contributed by atoms with Crippen LogP contribution in [0.25, 0.3) is 0 Å². The minimum absolute atomic E-state index is 0.0608. The van der Waals surface area contributed by atoms with Crippen LogP contribution in [0.3, 0.4) is 0 Å². The van der Waals surface area contributed by atoms with Gasteiger partial charge in [-0.2, -0.15) is 4.31 Å². The fourth-order valence-electron chi connectivity index (χ4n) is 2.09. The lowest BCUT2D eigenvalue weighted by atomic mass is 10.3. The summed E-state index contributed by atoms with van der Waals surface area (Å²) >= 11 is 0. The Hall–Kier alpha value is -2.03. The molecule has 0 fully saturated rings. The summed E-state index contributed by atoms with van der Waals surface area (Å²) in [5.74, 6) is 0. The molecular weight excluding hydrogens is 318 g/mol. The van der Waals surface area contributed by atoms with Crippen LogP contribution in [0.2, 0.25) is 0 Å². The first kappa shape index (κ1) is 19.0. The number of nitrogens with one attached hydrogen (secondary N) is 1. The van der Waals surface area contributed by atoms with Gasteiger partial charge < -0.3 is 5.32 Å². The lowest BCUT2D eigenvalue weighted by Crippen LogP contribution is -2.44. The highest BCUT2D eigenvalue weighted by Gasteiger charge is 2.33. The van der Waals surface area contributed by atoms with E-state index in [1.165, 1.54) is 34.6 Å². The smallest absolute Gasteiger partial charge is 0.289 e. The Balaban J connectivity index is 3.21. The van der Waals surface area contributed by atoms with E-state index in [1.54, 1.807) is 13.0 Å². The number of hydrogen-bond acceptors (Lipinski definition) is 5. The minimum Gasteiger partial charge on any atom is -0.312 e. The molecule has 0 heterocycles. The summed E-state index contributed by atoms with van der Waals surface area (Å²) in [5, 5.41) is 14.2. The van der Waals surface area contributed by atoms with E-state index >= 15 is 0 Å². The molecule has 7 nitrogen and oxygen atoms in total. The standard InChI is InChI=1S/C15H21N3O4S/c1-4-10-16-12-13(3)17(11-5-2)23(21,22)15-9-7-6-8-14(15)18(19)20/h4-9,13,16H,1-2,10-12H2,3H3/t13-/m1/s1. The van der Waals surface area contributed by atoms with Crippen molar-refractivity contribution in [1.29, 1.82) is 0 Å². The maximum atomic E-state index is 12.8. The molecule has 1 atom stereocenters. The fourth-order valence-corrected chi connectivity index (χ4v) is 3.85. The van der Waals surface area contributed by atoms with Crippen molar-refractivity contribution >= 4 is 15.7 Å². The molecule has 1 N–H and O–H groups in total. The topological polar surface area (TPSA) is 92.6 Å². The number of sulfonamides is 1. The van der Waals surface area contributed by atoms with Crippen LogP contribution in [0.4, 0.5) is 5.69 Å². The second kappa shape index (κ2) is 8.56. The summed E-state index contributed by atoms with van der Waals surface area (Å²) in [4.78, 5) is 10.1. The van der Waals surface area contributed by atoms with Crippen molar-refractivity contribution in [2.24, 2.45) is 0 Å². The van der Waals surface area contributed by atoms with E-state index < -0.39 is 26.7 Å². The summed E-state index contributed by atoms with van der Waals surface area (Å²) < 4.78 is 26.9. The van der Waals surface area contributed by atoms with E-state index in [0.717, 1.165) is 0 Å². The third-order valence-electron chi connectivity index (χ3n) is 3.18. The van der Waals surface area contributed by atoms with Gasteiger partial charge >= 0.3 is 0 Å². The van der Waals surface area contributed by atoms with E-state index in [4.69, 9.17) is 0 Å². The molecule has 1 aromatic carbocycles. The molecule has 126 valence electrons. The maximum Gasteiger partial charge on any atom is 0.289 e. The molecule has 0 saturated carbocycles. The van der Waals surface area contributed by atoms with Crippen molar-refractivity contribution in [2.45, 2.75) is 17.9 Å². The zero-order valence-electron chi connectivity index (χ0n) is 13.0. The van der Waals surface area contributed by atoms with Gasteiger partial charge in [-0.3, -0.25) is 10.1 Å². The first-order chi connectivity index (χ1) is 10.9. The molecule has 1 aromatic rings. The summed E-state index contributed by atoms with van der Waals surface area (Å²) in [6.07, 6.45) is 3.12. The zero-order valence-corrected chi connectivity index (χ0v) is 13.8. The Kier molecular flexibility index (Phi) is 7.08. The summed E-state index contributed by atoms with van der Waals surface area (Å²) in [5.41, 5.74) is -0.437. The third kappa shape index (κ3) is 4.72. The highest BCUT2D eigenvalue weighted by atomic mass is 32.2. The summed E-state index contributed by atoms with van der Waals surface area (Å²) in [6.45, 7) is 9.87. The molecule has 0 aliphatic rings. The van der Waals surface area contributed by atoms with E-state index in [-0.39, 0.29) is 11.4 Å². The van der Waals surface area contributed by atoms with Gasteiger partial charge in [-0.1, -0.05) is 24.3 Å². The molecule has 0 amide bonds. The van der Waals surface area contributed by atoms with Gasteiger partial charge in [0.15, 0.2) is 4.90 Å². The predicted octanol–water partition coefficient (Wildman–Crippen LogP) is 1.94. The molecule has 0 radical (unpaired) electrons. The van der Waals surface area contributed by atoms with Gasteiger partial charge in [0.25, 0.3) is 5.69 Å². The van der Waals surface area contributed by atoms with E-state index in [0.29, 0.717) is 13.1 Å². The van der Waals surface area contributed by atoms with Gasteiger partial charge in [-0.25, -0.2) is 8.42 Å². The van der Waals surface area contributed by atoms with Gasteiger partial charge in [-0.05, 0) is 13.0 Å². The average molecular weight is 339 g/mol. The molecule has 8 heteroatoms. The van der Waals surface area contributed by atoms with E-state index in [9.17, 15) is 18.5 Å². The molecule has 0 aromatic heterocycles. The molecule has 1 rings (SSSR count). The normalized spacial score (nSPS) is 12.8. The van der Waals surface area contributed by atoms with E-state index in [2.05, 4.69) is 18.5 Å². The monoisotopic (exact) mass is 339 g/mol. The zero-order chi connectivity index (χ0) is 17.5. The van der Waals surface area contributed by atoms with Gasteiger partial charge in [0.1, 0.15) is 0 Å². The molecule has 0 bridgehead atoms. The quantitative estimate of drug-likeness (QED) is 0.304. The number of benzene rings is 1. The SMILES string of the molecule is C=CCNC[C@@H](C)N(CC=C)S(=O)(=O)c1ccccc1[N+](=O)[O-]. The molecular formula is C15H21N3O4S. The molecule has 0 aliphatic heterocycles. The average Bonchev–Trinajstić information content (AvgIpc) is 2.52. The number of nitro groups is 1. The Labute approximate surface area is 136 Å². The van der Waals surface area contributed by atoms with Gasteiger partial charge in [0.2, 0.25) is 10.0 Å². The number of hydrogen-bond donors (Lipinski definition) is 1.